The average molecular weight is 353 g/mol. The molecule has 0 fully saturated rings. The lowest BCUT2D eigenvalue weighted by molar-refractivity contribution is -0.123. The molecule has 0 aliphatic rings. The van der Waals surface area contributed by atoms with Crippen molar-refractivity contribution in [1.82, 2.24) is 14.9 Å². The lowest BCUT2D eigenvalue weighted by Gasteiger charge is -2.31. The minimum atomic E-state index is -0.357. The molecule has 7 heteroatoms. The number of hydrogen-bond donors (Lipinski definition) is 2. The molecule has 1 amide bonds. The van der Waals surface area contributed by atoms with Crippen molar-refractivity contribution in [2.75, 3.05) is 6.54 Å². The van der Waals surface area contributed by atoms with Crippen LogP contribution in [-0.2, 0) is 11.3 Å². The van der Waals surface area contributed by atoms with Crippen LogP contribution in [0.1, 0.15) is 33.1 Å². The third kappa shape index (κ3) is 4.33. The van der Waals surface area contributed by atoms with Crippen molar-refractivity contribution >= 4 is 29.2 Å². The molecule has 6 nitrogen and oxygen atoms in total. The van der Waals surface area contributed by atoms with Crippen molar-refractivity contribution in [3.8, 4) is 0 Å². The maximum absolute atomic E-state index is 12.4. The first-order valence-electron chi connectivity index (χ1n) is 8.00. The predicted molar refractivity (Wildman–Crippen MR) is 98.4 cm³/mol. The van der Waals surface area contributed by atoms with Gasteiger partial charge >= 0.3 is 0 Å². The highest BCUT2D eigenvalue weighted by Crippen LogP contribution is 2.13. The first-order valence-corrected chi connectivity index (χ1v) is 8.00. The molecule has 0 bridgehead atoms. The number of aryl methyl sites for hydroxylation is 1. The fourth-order valence-corrected chi connectivity index (χ4v) is 2.61. The molecule has 132 valence electrons. The minimum absolute atomic E-state index is 0. The fourth-order valence-electron chi connectivity index (χ4n) is 2.61. The lowest BCUT2D eigenvalue weighted by atomic mass is 9.93. The number of rotatable bonds is 7. The van der Waals surface area contributed by atoms with E-state index in [2.05, 4.69) is 10.3 Å². The van der Waals surface area contributed by atoms with Crippen LogP contribution in [0.2, 0.25) is 0 Å². The normalized spacial score (nSPS) is 11.1. The fraction of sp³-hybridized carbons (Fsp3) is 0.471. The number of nitrogens with zero attached hydrogens (tertiary/aromatic N) is 2. The molecule has 0 saturated carbocycles. The zero-order chi connectivity index (χ0) is 16.9. The highest BCUT2D eigenvalue weighted by atomic mass is 35.5. The summed E-state index contributed by atoms with van der Waals surface area (Å²) in [5.74, 6) is -0.0980. The van der Waals surface area contributed by atoms with Crippen LogP contribution in [-0.4, -0.2) is 27.5 Å². The molecule has 0 spiro atoms. The number of nitrogens with two attached hydrogens (primary N) is 1. The second kappa shape index (κ2) is 8.80. The third-order valence-corrected chi connectivity index (χ3v) is 4.46. The number of fused-ring (bicyclic) bond motifs is 1. The topological polar surface area (TPSA) is 90.0 Å². The number of nitrogens with one attached hydrogen (secondary N) is 1. The van der Waals surface area contributed by atoms with Crippen LogP contribution in [0, 0.1) is 0 Å². The van der Waals surface area contributed by atoms with Gasteiger partial charge in [-0.25, -0.2) is 4.98 Å². The van der Waals surface area contributed by atoms with E-state index >= 15 is 0 Å². The molecule has 0 saturated heterocycles. The molecule has 2 aromatic rings. The smallest absolute Gasteiger partial charge is 0.261 e. The van der Waals surface area contributed by atoms with Gasteiger partial charge in [-0.2, -0.15) is 0 Å². The molecule has 0 unspecified atom stereocenters. The number of hydrogen-bond acceptors (Lipinski definition) is 4. The van der Waals surface area contributed by atoms with E-state index in [-0.39, 0.29) is 35.8 Å². The Balaban J connectivity index is 0.00000288. The van der Waals surface area contributed by atoms with Gasteiger partial charge in [0.2, 0.25) is 5.91 Å². The molecule has 1 aromatic heterocycles. The summed E-state index contributed by atoms with van der Waals surface area (Å²) in [5, 5.41) is 3.57. The summed E-state index contributed by atoms with van der Waals surface area (Å²) in [4.78, 5) is 28.8. The molecule has 0 aliphatic heterocycles. The van der Waals surface area contributed by atoms with Crippen molar-refractivity contribution in [1.29, 1.82) is 0 Å². The Morgan fingerprint density at radius 3 is 2.58 bits per heavy atom. The summed E-state index contributed by atoms with van der Waals surface area (Å²) >= 11 is 0. The van der Waals surface area contributed by atoms with Crippen LogP contribution in [0.3, 0.4) is 0 Å². The Labute approximate surface area is 147 Å². The van der Waals surface area contributed by atoms with Crippen LogP contribution in [0.25, 0.3) is 10.9 Å². The van der Waals surface area contributed by atoms with Crippen molar-refractivity contribution < 1.29 is 4.79 Å². The molecule has 3 N–H and O–H groups in total. The van der Waals surface area contributed by atoms with Crippen molar-refractivity contribution in [3.63, 3.8) is 0 Å². The maximum Gasteiger partial charge on any atom is 0.261 e. The van der Waals surface area contributed by atoms with Gasteiger partial charge in [0.15, 0.2) is 0 Å². The summed E-state index contributed by atoms with van der Waals surface area (Å²) in [7, 11) is 0. The van der Waals surface area contributed by atoms with Gasteiger partial charge in [-0.1, -0.05) is 26.0 Å². The van der Waals surface area contributed by atoms with Crippen LogP contribution < -0.4 is 16.6 Å². The molecular weight excluding hydrogens is 328 g/mol. The van der Waals surface area contributed by atoms with E-state index in [0.29, 0.717) is 24.0 Å². The highest BCUT2D eigenvalue weighted by molar-refractivity contribution is 5.85. The van der Waals surface area contributed by atoms with E-state index in [1.165, 1.54) is 10.9 Å². The standard InChI is InChI=1S/C17H24N4O2.ClH/c1-3-17(4-2,11-18)20-15(22)9-10-21-12-19-14-8-6-5-7-13(14)16(21)23;/h5-8,12H,3-4,9-11,18H2,1-2H3,(H,20,22);1H. The van der Waals surface area contributed by atoms with Gasteiger partial charge in [0, 0.05) is 19.5 Å². The summed E-state index contributed by atoms with van der Waals surface area (Å²) in [6.07, 6.45) is 3.28. The number of aromatic nitrogens is 2. The van der Waals surface area contributed by atoms with E-state index in [9.17, 15) is 9.59 Å². The zero-order valence-electron chi connectivity index (χ0n) is 14.1. The second-order valence-corrected chi connectivity index (χ2v) is 5.75. The molecule has 1 heterocycles. The lowest BCUT2D eigenvalue weighted by Crippen LogP contribution is -2.53. The number of para-hydroxylation sites is 1. The highest BCUT2D eigenvalue weighted by Gasteiger charge is 2.25. The molecule has 2 rings (SSSR count). The largest absolute Gasteiger partial charge is 0.349 e. The van der Waals surface area contributed by atoms with E-state index in [1.54, 1.807) is 18.2 Å². The Morgan fingerprint density at radius 2 is 1.96 bits per heavy atom. The Morgan fingerprint density at radius 1 is 1.29 bits per heavy atom. The van der Waals surface area contributed by atoms with Gasteiger partial charge in [-0.05, 0) is 25.0 Å². The van der Waals surface area contributed by atoms with E-state index in [0.717, 1.165) is 12.8 Å². The predicted octanol–water partition coefficient (Wildman–Crippen LogP) is 1.84. The Kier molecular flexibility index (Phi) is 7.38. The van der Waals surface area contributed by atoms with Gasteiger partial charge in [-0.15, -0.1) is 12.4 Å². The van der Waals surface area contributed by atoms with Crippen LogP contribution in [0.15, 0.2) is 35.4 Å². The first kappa shape index (κ1) is 20.1. The SMILES string of the molecule is CCC(CC)(CN)NC(=O)CCn1cnc2ccccc2c1=O.Cl. The van der Waals surface area contributed by atoms with E-state index < -0.39 is 0 Å². The molecule has 0 radical (unpaired) electrons. The quantitative estimate of drug-likeness (QED) is 0.795. The third-order valence-electron chi connectivity index (χ3n) is 4.46. The van der Waals surface area contributed by atoms with E-state index in [4.69, 9.17) is 5.73 Å². The Hall–Kier alpha value is -1.92. The summed E-state index contributed by atoms with van der Waals surface area (Å²) < 4.78 is 1.48. The number of halogens is 1. The Bertz CT molecular complexity index is 732. The first-order chi connectivity index (χ1) is 11.0. The van der Waals surface area contributed by atoms with Crippen molar-refractivity contribution in [2.24, 2.45) is 5.73 Å². The van der Waals surface area contributed by atoms with Gasteiger partial charge in [0.25, 0.3) is 5.56 Å². The van der Waals surface area contributed by atoms with Crippen LogP contribution >= 0.6 is 12.4 Å². The molecular formula is C17H25ClN4O2. The summed E-state index contributed by atoms with van der Waals surface area (Å²) in [6, 6.07) is 7.19. The number of carbonyl (C=O) groups excluding carboxylic acids is 1. The number of carbonyl (C=O) groups is 1. The molecule has 1 aromatic carbocycles. The van der Waals surface area contributed by atoms with Crippen LogP contribution in [0.4, 0.5) is 0 Å². The molecule has 0 aliphatic carbocycles. The summed E-state index contributed by atoms with van der Waals surface area (Å²) in [6.45, 7) is 4.72. The van der Waals surface area contributed by atoms with Crippen LogP contribution in [0.5, 0.6) is 0 Å². The van der Waals surface area contributed by atoms with Gasteiger partial charge in [0.05, 0.1) is 22.8 Å². The molecule has 24 heavy (non-hydrogen) atoms. The average Bonchev–Trinajstić information content (AvgIpc) is 2.59. The number of amides is 1. The maximum atomic E-state index is 12.4. The van der Waals surface area contributed by atoms with Gasteiger partial charge < -0.3 is 11.1 Å². The van der Waals surface area contributed by atoms with Gasteiger partial charge in [0.1, 0.15) is 0 Å². The zero-order valence-corrected chi connectivity index (χ0v) is 14.9. The number of benzene rings is 1. The monoisotopic (exact) mass is 352 g/mol. The van der Waals surface area contributed by atoms with Crippen molar-refractivity contribution in [3.05, 3.63) is 40.9 Å². The van der Waals surface area contributed by atoms with Crippen molar-refractivity contribution in [2.45, 2.75) is 45.2 Å². The van der Waals surface area contributed by atoms with E-state index in [1.807, 2.05) is 19.9 Å². The second-order valence-electron chi connectivity index (χ2n) is 5.75. The summed E-state index contributed by atoms with van der Waals surface area (Å²) in [5.41, 5.74) is 5.97. The van der Waals surface area contributed by atoms with Gasteiger partial charge in [-0.3, -0.25) is 14.2 Å². The minimum Gasteiger partial charge on any atom is -0.349 e. The molecule has 0 atom stereocenters.